The van der Waals surface area contributed by atoms with Crippen molar-refractivity contribution in [2.45, 2.75) is 0 Å². The molecule has 0 spiro atoms. The maximum absolute atomic E-state index is 11.6. The van der Waals surface area contributed by atoms with Gasteiger partial charge in [0.1, 0.15) is 0 Å². The Hall–Kier alpha value is -2.40. The van der Waals surface area contributed by atoms with Gasteiger partial charge >= 0.3 is 11.9 Å². The van der Waals surface area contributed by atoms with Gasteiger partial charge in [0.2, 0.25) is 0 Å². The second kappa shape index (κ2) is 5.71. The fourth-order valence-corrected chi connectivity index (χ4v) is 1.97. The van der Waals surface area contributed by atoms with Crippen LogP contribution in [0.3, 0.4) is 0 Å². The second-order valence-corrected chi connectivity index (χ2v) is 4.32. The van der Waals surface area contributed by atoms with Crippen molar-refractivity contribution in [2.75, 3.05) is 7.11 Å². The van der Waals surface area contributed by atoms with Crippen molar-refractivity contribution >= 4 is 23.5 Å². The Bertz CT molecular complexity index is 685. The van der Waals surface area contributed by atoms with Crippen LogP contribution < -0.4 is 0 Å². The van der Waals surface area contributed by atoms with Gasteiger partial charge in [0.05, 0.1) is 23.3 Å². The molecule has 1 aromatic heterocycles. The topological polar surface area (TPSA) is 76.5 Å². The van der Waals surface area contributed by atoms with Gasteiger partial charge in [-0.1, -0.05) is 17.7 Å². The lowest BCUT2D eigenvalue weighted by atomic mass is 10.00. The van der Waals surface area contributed by atoms with Crippen LogP contribution in [0.15, 0.2) is 36.7 Å². The maximum Gasteiger partial charge on any atom is 0.339 e. The predicted molar refractivity (Wildman–Crippen MR) is 73.0 cm³/mol. The average molecular weight is 292 g/mol. The number of hydrogen-bond acceptors (Lipinski definition) is 4. The summed E-state index contributed by atoms with van der Waals surface area (Å²) in [6.07, 6.45) is 2.73. The first-order chi connectivity index (χ1) is 9.54. The van der Waals surface area contributed by atoms with E-state index in [0.717, 1.165) is 0 Å². The molecule has 0 saturated carbocycles. The van der Waals surface area contributed by atoms with Crippen molar-refractivity contribution in [1.82, 2.24) is 4.98 Å². The summed E-state index contributed by atoms with van der Waals surface area (Å²) in [5.41, 5.74) is 1.23. The number of halogens is 1. The molecule has 5 nitrogen and oxygen atoms in total. The van der Waals surface area contributed by atoms with E-state index in [1.807, 2.05) is 0 Å². The van der Waals surface area contributed by atoms with Gasteiger partial charge in [-0.25, -0.2) is 9.59 Å². The first-order valence-electron chi connectivity index (χ1n) is 5.60. The summed E-state index contributed by atoms with van der Waals surface area (Å²) in [7, 11) is 1.25. The molecule has 1 N–H and O–H groups in total. The van der Waals surface area contributed by atoms with Gasteiger partial charge in [0.15, 0.2) is 0 Å². The van der Waals surface area contributed by atoms with Crippen molar-refractivity contribution < 1.29 is 19.4 Å². The number of carbonyl (C=O) groups is 2. The summed E-state index contributed by atoms with van der Waals surface area (Å²) in [6.45, 7) is 0. The first kappa shape index (κ1) is 14.0. The van der Waals surface area contributed by atoms with Crippen LogP contribution in [0.4, 0.5) is 0 Å². The van der Waals surface area contributed by atoms with Crippen LogP contribution in [0.2, 0.25) is 5.02 Å². The molecule has 6 heteroatoms. The lowest BCUT2D eigenvalue weighted by Crippen LogP contribution is -2.04. The van der Waals surface area contributed by atoms with Gasteiger partial charge in [0, 0.05) is 12.4 Å². The van der Waals surface area contributed by atoms with Gasteiger partial charge in [-0.3, -0.25) is 4.98 Å². The van der Waals surface area contributed by atoms with E-state index < -0.39 is 11.9 Å². The largest absolute Gasteiger partial charge is 0.478 e. The summed E-state index contributed by atoms with van der Waals surface area (Å²) in [6, 6.07) is 6.22. The molecule has 0 bridgehead atoms. The van der Waals surface area contributed by atoms with E-state index in [9.17, 15) is 9.59 Å². The molecule has 2 rings (SSSR count). The number of carboxylic acid groups (broad SMARTS) is 1. The number of hydrogen-bond donors (Lipinski definition) is 1. The summed E-state index contributed by atoms with van der Waals surface area (Å²) >= 11 is 5.93. The molecule has 1 aromatic carbocycles. The summed E-state index contributed by atoms with van der Waals surface area (Å²) in [5, 5.41) is 9.39. The third-order valence-electron chi connectivity index (χ3n) is 2.73. The highest BCUT2D eigenvalue weighted by molar-refractivity contribution is 6.33. The summed E-state index contributed by atoms with van der Waals surface area (Å²) < 4.78 is 4.63. The molecule has 0 radical (unpaired) electrons. The minimum atomic E-state index is -1.09. The summed E-state index contributed by atoms with van der Waals surface area (Å²) in [4.78, 5) is 26.6. The molecular formula is C14H10ClNO4. The normalized spacial score (nSPS) is 10.1. The van der Waals surface area contributed by atoms with Crippen LogP contribution in [0.5, 0.6) is 0 Å². The van der Waals surface area contributed by atoms with E-state index in [1.165, 1.54) is 31.6 Å². The van der Waals surface area contributed by atoms with E-state index in [-0.39, 0.29) is 16.1 Å². The number of ether oxygens (including phenoxy) is 1. The van der Waals surface area contributed by atoms with Crippen LogP contribution in [0.25, 0.3) is 11.1 Å². The van der Waals surface area contributed by atoms with Crippen LogP contribution in [-0.4, -0.2) is 29.1 Å². The molecule has 2 aromatic rings. The Morgan fingerprint density at radius 2 is 2.00 bits per heavy atom. The van der Waals surface area contributed by atoms with Gasteiger partial charge in [0.25, 0.3) is 0 Å². The lowest BCUT2D eigenvalue weighted by molar-refractivity contribution is 0.0600. The molecule has 102 valence electrons. The molecule has 0 atom stereocenters. The highest BCUT2D eigenvalue weighted by atomic mass is 35.5. The fraction of sp³-hybridized carbons (Fsp3) is 0.0714. The number of benzene rings is 1. The number of rotatable bonds is 3. The maximum atomic E-state index is 11.6. The number of esters is 1. The molecular weight excluding hydrogens is 282 g/mol. The zero-order chi connectivity index (χ0) is 14.7. The molecule has 0 saturated heterocycles. The number of carboxylic acids is 1. The Kier molecular flexibility index (Phi) is 4.00. The monoisotopic (exact) mass is 291 g/mol. The molecule has 20 heavy (non-hydrogen) atoms. The second-order valence-electron chi connectivity index (χ2n) is 3.91. The smallest absolute Gasteiger partial charge is 0.339 e. The molecule has 0 aliphatic heterocycles. The highest BCUT2D eigenvalue weighted by Gasteiger charge is 2.16. The Morgan fingerprint density at radius 3 is 2.65 bits per heavy atom. The molecule has 1 heterocycles. The standard InChI is InChI=1S/C14H10ClNO4/c1-20-14(19)10-6-8(2-3-12(10)15)9-4-5-16-7-11(9)13(17)18/h2-7H,1H3,(H,17,18). The molecule has 0 aliphatic carbocycles. The molecule has 0 amide bonds. The van der Waals surface area contributed by atoms with Crippen molar-refractivity contribution in [1.29, 1.82) is 0 Å². The molecule has 0 fully saturated rings. The zero-order valence-corrected chi connectivity index (χ0v) is 11.2. The van der Waals surface area contributed by atoms with Gasteiger partial charge in [-0.2, -0.15) is 0 Å². The van der Waals surface area contributed by atoms with Gasteiger partial charge in [-0.15, -0.1) is 0 Å². The predicted octanol–water partition coefficient (Wildman–Crippen LogP) is 2.89. The van der Waals surface area contributed by atoms with E-state index >= 15 is 0 Å². The van der Waals surface area contributed by atoms with E-state index in [4.69, 9.17) is 16.7 Å². The third-order valence-corrected chi connectivity index (χ3v) is 3.06. The zero-order valence-electron chi connectivity index (χ0n) is 10.5. The highest BCUT2D eigenvalue weighted by Crippen LogP contribution is 2.27. The van der Waals surface area contributed by atoms with Crippen LogP contribution >= 0.6 is 11.6 Å². The fourth-order valence-electron chi connectivity index (χ4n) is 1.78. The number of methoxy groups -OCH3 is 1. The Balaban J connectivity index is 2.60. The molecule has 0 unspecified atom stereocenters. The lowest BCUT2D eigenvalue weighted by Gasteiger charge is -2.08. The number of nitrogens with zero attached hydrogens (tertiary/aromatic N) is 1. The van der Waals surface area contributed by atoms with E-state index in [1.54, 1.807) is 12.1 Å². The number of aromatic carboxylic acids is 1. The van der Waals surface area contributed by atoms with Crippen molar-refractivity contribution in [3.8, 4) is 11.1 Å². The van der Waals surface area contributed by atoms with E-state index in [0.29, 0.717) is 11.1 Å². The Labute approximate surface area is 119 Å². The quantitative estimate of drug-likeness (QED) is 0.880. The average Bonchev–Trinajstić information content (AvgIpc) is 2.47. The third kappa shape index (κ3) is 2.62. The van der Waals surface area contributed by atoms with Gasteiger partial charge in [-0.05, 0) is 29.3 Å². The minimum Gasteiger partial charge on any atom is -0.478 e. The van der Waals surface area contributed by atoms with E-state index in [2.05, 4.69) is 9.72 Å². The van der Waals surface area contributed by atoms with Crippen molar-refractivity contribution in [3.63, 3.8) is 0 Å². The minimum absolute atomic E-state index is 0.0469. The number of aromatic nitrogens is 1. The van der Waals surface area contributed by atoms with Crippen LogP contribution in [0.1, 0.15) is 20.7 Å². The van der Waals surface area contributed by atoms with Crippen molar-refractivity contribution in [3.05, 3.63) is 52.8 Å². The number of pyridine rings is 1. The Morgan fingerprint density at radius 1 is 1.25 bits per heavy atom. The number of carbonyl (C=O) groups excluding carboxylic acids is 1. The summed E-state index contributed by atoms with van der Waals surface area (Å²) in [5.74, 6) is -1.68. The van der Waals surface area contributed by atoms with Crippen LogP contribution in [-0.2, 0) is 4.74 Å². The van der Waals surface area contributed by atoms with Crippen molar-refractivity contribution in [2.24, 2.45) is 0 Å². The van der Waals surface area contributed by atoms with Crippen LogP contribution in [0, 0.1) is 0 Å². The first-order valence-corrected chi connectivity index (χ1v) is 5.98. The SMILES string of the molecule is COC(=O)c1cc(-c2ccncc2C(=O)O)ccc1Cl. The molecule has 0 aliphatic rings. The van der Waals surface area contributed by atoms with Gasteiger partial charge < -0.3 is 9.84 Å².